The number of aromatic nitrogens is 1. The molecule has 17 heavy (non-hydrogen) atoms. The normalized spacial score (nSPS) is 16.2. The fourth-order valence-electron chi connectivity index (χ4n) is 1.52. The highest BCUT2D eigenvalue weighted by atomic mass is 32.1. The van der Waals surface area contributed by atoms with Crippen molar-refractivity contribution in [3.8, 4) is 0 Å². The van der Waals surface area contributed by atoms with Gasteiger partial charge in [0.1, 0.15) is 0 Å². The summed E-state index contributed by atoms with van der Waals surface area (Å²) in [5, 5.41) is 12.8. The van der Waals surface area contributed by atoms with Crippen molar-refractivity contribution in [2.75, 3.05) is 6.61 Å². The van der Waals surface area contributed by atoms with E-state index < -0.39 is 0 Å². The number of aliphatic hydroxyl groups excluding tert-OH is 1. The van der Waals surface area contributed by atoms with Crippen molar-refractivity contribution < 1.29 is 5.11 Å². The van der Waals surface area contributed by atoms with Crippen molar-refractivity contribution >= 4 is 11.3 Å². The molecule has 1 N–H and O–H groups in total. The molecule has 0 fully saturated rings. The van der Waals surface area contributed by atoms with E-state index in [4.69, 9.17) is 4.98 Å². The van der Waals surface area contributed by atoms with Gasteiger partial charge in [-0.2, -0.15) is 0 Å². The molecule has 98 valence electrons. The average Bonchev–Trinajstić information content (AvgIpc) is 2.65. The SMILES string of the molecule is CC(C)C(C)(CO)Cc1nc(C(C)(C)C)cs1. The lowest BCUT2D eigenvalue weighted by Crippen LogP contribution is -2.30. The minimum absolute atomic E-state index is 0.0625. The summed E-state index contributed by atoms with van der Waals surface area (Å²) >= 11 is 1.71. The Labute approximate surface area is 109 Å². The Morgan fingerprint density at radius 1 is 1.29 bits per heavy atom. The second kappa shape index (κ2) is 5.07. The molecule has 2 nitrogen and oxygen atoms in total. The Bertz CT molecular complexity index is 365. The molecule has 0 aliphatic heterocycles. The van der Waals surface area contributed by atoms with Crippen LogP contribution < -0.4 is 0 Å². The molecule has 0 radical (unpaired) electrons. The molecule has 0 amide bonds. The van der Waals surface area contributed by atoms with Crippen molar-refractivity contribution in [3.05, 3.63) is 16.1 Å². The highest BCUT2D eigenvalue weighted by Gasteiger charge is 2.29. The molecule has 0 saturated carbocycles. The molecule has 1 aromatic rings. The van der Waals surface area contributed by atoms with Crippen molar-refractivity contribution in [2.45, 2.75) is 53.4 Å². The third-order valence-corrected chi connectivity index (χ3v) is 4.48. The van der Waals surface area contributed by atoms with Crippen LogP contribution in [-0.2, 0) is 11.8 Å². The first-order chi connectivity index (χ1) is 7.69. The van der Waals surface area contributed by atoms with Crippen molar-refractivity contribution in [3.63, 3.8) is 0 Å². The Morgan fingerprint density at radius 3 is 2.24 bits per heavy atom. The summed E-state index contributed by atoms with van der Waals surface area (Å²) in [6.07, 6.45) is 0.863. The zero-order valence-electron chi connectivity index (χ0n) is 11.9. The maximum Gasteiger partial charge on any atom is 0.0934 e. The van der Waals surface area contributed by atoms with Crippen LogP contribution in [0.1, 0.15) is 52.2 Å². The number of rotatable bonds is 4. The molecule has 3 heteroatoms. The fourth-order valence-corrected chi connectivity index (χ4v) is 2.74. The van der Waals surface area contributed by atoms with Crippen LogP contribution in [0.4, 0.5) is 0 Å². The van der Waals surface area contributed by atoms with E-state index in [-0.39, 0.29) is 17.4 Å². The Hall–Kier alpha value is -0.410. The molecule has 1 atom stereocenters. The van der Waals surface area contributed by atoms with Crippen LogP contribution in [0.5, 0.6) is 0 Å². The Morgan fingerprint density at radius 2 is 1.88 bits per heavy atom. The van der Waals surface area contributed by atoms with Gasteiger partial charge in [-0.3, -0.25) is 0 Å². The second-order valence-corrected chi connectivity index (χ2v) is 7.46. The summed E-state index contributed by atoms with van der Waals surface area (Å²) in [5.41, 5.74) is 1.21. The van der Waals surface area contributed by atoms with Crippen LogP contribution >= 0.6 is 11.3 Å². The molecule has 0 spiro atoms. The number of hydrogen-bond donors (Lipinski definition) is 1. The zero-order chi connectivity index (χ0) is 13.3. The van der Waals surface area contributed by atoms with Gasteiger partial charge >= 0.3 is 0 Å². The first kappa shape index (κ1) is 14.7. The van der Waals surface area contributed by atoms with Gasteiger partial charge in [-0.1, -0.05) is 41.5 Å². The highest BCUT2D eigenvalue weighted by Crippen LogP contribution is 2.33. The first-order valence-electron chi connectivity index (χ1n) is 6.25. The van der Waals surface area contributed by atoms with Crippen LogP contribution in [0.15, 0.2) is 5.38 Å². The van der Waals surface area contributed by atoms with E-state index in [9.17, 15) is 5.11 Å². The molecule has 1 rings (SSSR count). The molecule has 0 aliphatic rings. The molecule has 0 saturated heterocycles. The standard InChI is InChI=1S/C14H25NOS/c1-10(2)14(6,9-16)7-12-15-11(8-17-12)13(3,4)5/h8,10,16H,7,9H2,1-6H3. The lowest BCUT2D eigenvalue weighted by atomic mass is 9.77. The molecule has 0 aromatic carbocycles. The number of hydrogen-bond acceptors (Lipinski definition) is 3. The Kier molecular flexibility index (Phi) is 4.37. The molecule has 1 aromatic heterocycles. The first-order valence-corrected chi connectivity index (χ1v) is 7.13. The largest absolute Gasteiger partial charge is 0.396 e. The van der Waals surface area contributed by atoms with Gasteiger partial charge in [0.15, 0.2) is 0 Å². The smallest absolute Gasteiger partial charge is 0.0934 e. The van der Waals surface area contributed by atoms with Crippen LogP contribution in [0, 0.1) is 11.3 Å². The Balaban J connectivity index is 2.86. The summed E-state index contributed by atoms with van der Waals surface area (Å²) < 4.78 is 0. The van der Waals surface area contributed by atoms with Gasteiger partial charge in [-0.05, 0) is 11.3 Å². The zero-order valence-corrected chi connectivity index (χ0v) is 12.7. The van der Waals surface area contributed by atoms with E-state index in [1.165, 1.54) is 0 Å². The minimum Gasteiger partial charge on any atom is -0.396 e. The lowest BCUT2D eigenvalue weighted by molar-refractivity contribution is 0.0946. The number of thiazole rings is 1. The fraction of sp³-hybridized carbons (Fsp3) is 0.786. The van der Waals surface area contributed by atoms with Gasteiger partial charge in [0, 0.05) is 23.8 Å². The number of aliphatic hydroxyl groups is 1. The minimum atomic E-state index is -0.0625. The summed E-state index contributed by atoms with van der Waals surface area (Å²) in [7, 11) is 0. The highest BCUT2D eigenvalue weighted by molar-refractivity contribution is 7.09. The molecule has 1 unspecified atom stereocenters. The van der Waals surface area contributed by atoms with Crippen LogP contribution in [-0.4, -0.2) is 16.7 Å². The van der Waals surface area contributed by atoms with Crippen LogP contribution in [0.2, 0.25) is 0 Å². The molecular formula is C14H25NOS. The second-order valence-electron chi connectivity index (χ2n) is 6.52. The quantitative estimate of drug-likeness (QED) is 0.891. The monoisotopic (exact) mass is 255 g/mol. The third kappa shape index (κ3) is 3.52. The maximum atomic E-state index is 9.56. The van der Waals surface area contributed by atoms with E-state index in [1.54, 1.807) is 11.3 Å². The summed E-state index contributed by atoms with van der Waals surface area (Å²) in [5.74, 6) is 0.453. The summed E-state index contributed by atoms with van der Waals surface area (Å²) in [6, 6.07) is 0. The lowest BCUT2D eigenvalue weighted by Gasteiger charge is -2.30. The topological polar surface area (TPSA) is 33.1 Å². The maximum absolute atomic E-state index is 9.56. The van der Waals surface area contributed by atoms with Crippen LogP contribution in [0.25, 0.3) is 0 Å². The van der Waals surface area contributed by atoms with Crippen molar-refractivity contribution in [1.29, 1.82) is 0 Å². The van der Waals surface area contributed by atoms with E-state index in [0.29, 0.717) is 5.92 Å². The van der Waals surface area contributed by atoms with Gasteiger partial charge in [0.05, 0.1) is 10.7 Å². The summed E-state index contributed by atoms with van der Waals surface area (Å²) in [4.78, 5) is 4.70. The van der Waals surface area contributed by atoms with Gasteiger partial charge in [-0.25, -0.2) is 4.98 Å². The molecule has 0 aliphatic carbocycles. The summed E-state index contributed by atoms with van der Waals surface area (Å²) in [6.45, 7) is 13.2. The van der Waals surface area contributed by atoms with Gasteiger partial charge in [0.2, 0.25) is 0 Å². The van der Waals surface area contributed by atoms with Gasteiger partial charge in [-0.15, -0.1) is 11.3 Å². The van der Waals surface area contributed by atoms with Gasteiger partial charge in [0.25, 0.3) is 0 Å². The number of nitrogens with zero attached hydrogens (tertiary/aromatic N) is 1. The van der Waals surface area contributed by atoms with Gasteiger partial charge < -0.3 is 5.11 Å². The van der Waals surface area contributed by atoms with E-state index in [0.717, 1.165) is 17.1 Å². The predicted molar refractivity (Wildman–Crippen MR) is 74.5 cm³/mol. The van der Waals surface area contributed by atoms with E-state index >= 15 is 0 Å². The molecule has 0 bridgehead atoms. The predicted octanol–water partition coefficient (Wildman–Crippen LogP) is 3.64. The van der Waals surface area contributed by atoms with Crippen LogP contribution in [0.3, 0.4) is 0 Å². The van der Waals surface area contributed by atoms with Crippen molar-refractivity contribution in [1.82, 2.24) is 4.98 Å². The average molecular weight is 255 g/mol. The van der Waals surface area contributed by atoms with E-state index in [2.05, 4.69) is 46.9 Å². The molecular weight excluding hydrogens is 230 g/mol. The third-order valence-electron chi connectivity index (χ3n) is 3.63. The molecule has 1 heterocycles. The van der Waals surface area contributed by atoms with Crippen molar-refractivity contribution in [2.24, 2.45) is 11.3 Å². The van der Waals surface area contributed by atoms with E-state index in [1.807, 2.05) is 0 Å².